The average Bonchev–Trinajstić information content (AvgIpc) is 2.89. The summed E-state index contributed by atoms with van der Waals surface area (Å²) in [4.78, 5) is 13.6. The summed E-state index contributed by atoms with van der Waals surface area (Å²) in [7, 11) is 1.61. The smallest absolute Gasteiger partial charge is 0.414 e. The van der Waals surface area contributed by atoms with Crippen LogP contribution >= 0.6 is 0 Å². The molecule has 4 heteroatoms. The van der Waals surface area contributed by atoms with Crippen molar-refractivity contribution < 1.29 is 14.3 Å². The minimum atomic E-state index is -0.287. The maximum absolute atomic E-state index is 11.9. The van der Waals surface area contributed by atoms with Crippen LogP contribution in [0, 0.1) is 0 Å². The Morgan fingerprint density at radius 3 is 2.76 bits per heavy atom. The third kappa shape index (κ3) is 3.10. The molecule has 0 radical (unpaired) electrons. The number of rotatable bonds is 4. The third-order valence-electron chi connectivity index (χ3n) is 4.17. The highest BCUT2D eigenvalue weighted by atomic mass is 16.6. The molecule has 112 valence electrons. The summed E-state index contributed by atoms with van der Waals surface area (Å²) in [6, 6.07) is 8.31. The summed E-state index contributed by atoms with van der Waals surface area (Å²) in [6.45, 7) is 0.993. The number of carbonyl (C=O) groups excluding carboxylic acids is 1. The molecule has 2 unspecified atom stereocenters. The monoisotopic (exact) mass is 287 g/mol. The number of allylic oxidation sites excluding steroid dienone is 2. The summed E-state index contributed by atoms with van der Waals surface area (Å²) in [6.07, 6.45) is 7.52. The molecule has 3 rings (SSSR count). The van der Waals surface area contributed by atoms with Crippen molar-refractivity contribution in [2.24, 2.45) is 0 Å². The van der Waals surface area contributed by atoms with Gasteiger partial charge in [-0.25, -0.2) is 4.79 Å². The molecule has 1 amide bonds. The molecular formula is C17H21NO3. The molecule has 1 aliphatic heterocycles. The Labute approximate surface area is 125 Å². The summed E-state index contributed by atoms with van der Waals surface area (Å²) < 4.78 is 10.3. The minimum Gasteiger partial charge on any atom is -0.441 e. The normalized spacial score (nSPS) is 25.2. The van der Waals surface area contributed by atoms with Crippen molar-refractivity contribution in [1.29, 1.82) is 0 Å². The van der Waals surface area contributed by atoms with E-state index >= 15 is 0 Å². The molecule has 4 nitrogen and oxygen atoms in total. The van der Waals surface area contributed by atoms with E-state index in [9.17, 15) is 4.79 Å². The summed E-state index contributed by atoms with van der Waals surface area (Å²) in [5, 5.41) is 0. The molecule has 1 aromatic carbocycles. The molecule has 0 aromatic heterocycles. The molecule has 0 N–H and O–H groups in total. The molecule has 0 spiro atoms. The second-order valence-corrected chi connectivity index (χ2v) is 5.64. The Balaban J connectivity index is 1.69. The van der Waals surface area contributed by atoms with Crippen molar-refractivity contribution in [3.05, 3.63) is 42.0 Å². The molecular weight excluding hydrogens is 266 g/mol. The number of amides is 1. The number of benzene rings is 1. The standard InChI is InChI=1S/C17H21NO3/c1-20-12-16-11-18(17(19)21-16)15-9-7-14(8-10-15)13-5-3-2-4-6-13/h2-3,7-10,13,16H,4-6,11-12H2,1H3. The maximum atomic E-state index is 11.9. The van der Waals surface area contributed by atoms with Gasteiger partial charge in [-0.1, -0.05) is 24.3 Å². The van der Waals surface area contributed by atoms with E-state index < -0.39 is 0 Å². The summed E-state index contributed by atoms with van der Waals surface area (Å²) in [5.74, 6) is 0.607. The van der Waals surface area contributed by atoms with Gasteiger partial charge in [-0.3, -0.25) is 4.90 Å². The van der Waals surface area contributed by atoms with E-state index in [0.29, 0.717) is 19.1 Å². The van der Waals surface area contributed by atoms with Crippen LogP contribution in [0.4, 0.5) is 10.5 Å². The van der Waals surface area contributed by atoms with Crippen molar-refractivity contribution >= 4 is 11.8 Å². The predicted octanol–water partition coefficient (Wildman–Crippen LogP) is 3.48. The fraction of sp³-hybridized carbons (Fsp3) is 0.471. The molecule has 1 saturated heterocycles. The van der Waals surface area contributed by atoms with Crippen LogP contribution in [-0.4, -0.2) is 32.5 Å². The highest BCUT2D eigenvalue weighted by molar-refractivity contribution is 5.89. The van der Waals surface area contributed by atoms with E-state index in [1.807, 2.05) is 12.1 Å². The van der Waals surface area contributed by atoms with Gasteiger partial charge in [0, 0.05) is 12.8 Å². The van der Waals surface area contributed by atoms with Crippen molar-refractivity contribution in [2.75, 3.05) is 25.2 Å². The number of nitrogens with zero attached hydrogens (tertiary/aromatic N) is 1. The number of hydrogen-bond donors (Lipinski definition) is 0. The van der Waals surface area contributed by atoms with Crippen molar-refractivity contribution in [3.63, 3.8) is 0 Å². The van der Waals surface area contributed by atoms with Gasteiger partial charge in [-0.2, -0.15) is 0 Å². The van der Waals surface area contributed by atoms with Crippen LogP contribution in [0.2, 0.25) is 0 Å². The van der Waals surface area contributed by atoms with Crippen molar-refractivity contribution in [1.82, 2.24) is 0 Å². The zero-order chi connectivity index (χ0) is 14.7. The first-order valence-electron chi connectivity index (χ1n) is 7.50. The maximum Gasteiger partial charge on any atom is 0.414 e. The van der Waals surface area contributed by atoms with Gasteiger partial charge in [0.05, 0.1) is 13.2 Å². The van der Waals surface area contributed by atoms with Gasteiger partial charge in [0.25, 0.3) is 0 Å². The van der Waals surface area contributed by atoms with Gasteiger partial charge in [0.15, 0.2) is 0 Å². The molecule has 0 bridgehead atoms. The number of carbonyl (C=O) groups is 1. The van der Waals surface area contributed by atoms with Gasteiger partial charge in [0.1, 0.15) is 6.10 Å². The van der Waals surface area contributed by atoms with Gasteiger partial charge in [-0.05, 0) is 42.9 Å². The molecule has 0 saturated carbocycles. The lowest BCUT2D eigenvalue weighted by Gasteiger charge is -2.19. The summed E-state index contributed by atoms with van der Waals surface area (Å²) in [5.41, 5.74) is 2.25. The first-order chi connectivity index (χ1) is 10.3. The van der Waals surface area contributed by atoms with E-state index in [1.54, 1.807) is 12.0 Å². The molecule has 2 atom stereocenters. The van der Waals surface area contributed by atoms with Crippen LogP contribution in [0.1, 0.15) is 30.7 Å². The second kappa shape index (κ2) is 6.31. The van der Waals surface area contributed by atoms with Gasteiger partial charge < -0.3 is 9.47 Å². The molecule has 1 aliphatic carbocycles. The number of methoxy groups -OCH3 is 1. The first-order valence-corrected chi connectivity index (χ1v) is 7.50. The molecule has 1 aromatic rings. The summed E-state index contributed by atoms with van der Waals surface area (Å²) >= 11 is 0. The van der Waals surface area contributed by atoms with Crippen LogP contribution in [0.3, 0.4) is 0 Å². The van der Waals surface area contributed by atoms with Crippen LogP contribution in [0.25, 0.3) is 0 Å². The number of anilines is 1. The highest BCUT2D eigenvalue weighted by Crippen LogP contribution is 2.31. The van der Waals surface area contributed by atoms with E-state index in [4.69, 9.17) is 9.47 Å². The third-order valence-corrected chi connectivity index (χ3v) is 4.17. The van der Waals surface area contributed by atoms with Crippen LogP contribution < -0.4 is 4.90 Å². The SMILES string of the molecule is COCC1CN(c2ccc(C3CC=CCC3)cc2)C(=O)O1. The lowest BCUT2D eigenvalue weighted by atomic mass is 9.88. The van der Waals surface area contributed by atoms with Crippen molar-refractivity contribution in [3.8, 4) is 0 Å². The Hall–Kier alpha value is -1.81. The quantitative estimate of drug-likeness (QED) is 0.796. The topological polar surface area (TPSA) is 38.8 Å². The number of ether oxygens (including phenoxy) is 2. The van der Waals surface area contributed by atoms with Gasteiger partial charge in [-0.15, -0.1) is 0 Å². The number of hydrogen-bond acceptors (Lipinski definition) is 3. The molecule has 1 fully saturated rings. The van der Waals surface area contributed by atoms with E-state index in [-0.39, 0.29) is 12.2 Å². The fourth-order valence-electron chi connectivity index (χ4n) is 3.03. The highest BCUT2D eigenvalue weighted by Gasteiger charge is 2.32. The Bertz CT molecular complexity index is 523. The first kappa shape index (κ1) is 14.1. The second-order valence-electron chi connectivity index (χ2n) is 5.64. The Morgan fingerprint density at radius 2 is 2.10 bits per heavy atom. The van der Waals surface area contributed by atoms with E-state index in [1.165, 1.54) is 12.0 Å². The zero-order valence-electron chi connectivity index (χ0n) is 12.3. The minimum absolute atomic E-state index is 0.175. The van der Waals surface area contributed by atoms with Crippen LogP contribution in [0.15, 0.2) is 36.4 Å². The lowest BCUT2D eigenvalue weighted by molar-refractivity contribution is 0.0718. The predicted molar refractivity (Wildman–Crippen MR) is 81.7 cm³/mol. The fourth-order valence-corrected chi connectivity index (χ4v) is 3.03. The Kier molecular flexibility index (Phi) is 4.25. The Morgan fingerprint density at radius 1 is 1.29 bits per heavy atom. The van der Waals surface area contributed by atoms with Crippen LogP contribution in [-0.2, 0) is 9.47 Å². The zero-order valence-corrected chi connectivity index (χ0v) is 12.3. The van der Waals surface area contributed by atoms with E-state index in [0.717, 1.165) is 18.5 Å². The number of cyclic esters (lactones) is 1. The van der Waals surface area contributed by atoms with Gasteiger partial charge in [0.2, 0.25) is 0 Å². The molecule has 1 heterocycles. The van der Waals surface area contributed by atoms with E-state index in [2.05, 4.69) is 24.3 Å². The lowest BCUT2D eigenvalue weighted by Crippen LogP contribution is -2.25. The molecule has 21 heavy (non-hydrogen) atoms. The van der Waals surface area contributed by atoms with Crippen molar-refractivity contribution in [2.45, 2.75) is 31.3 Å². The average molecular weight is 287 g/mol. The van der Waals surface area contributed by atoms with Gasteiger partial charge >= 0.3 is 6.09 Å². The van der Waals surface area contributed by atoms with Crippen LogP contribution in [0.5, 0.6) is 0 Å². The largest absolute Gasteiger partial charge is 0.441 e. The molecule has 2 aliphatic rings.